The van der Waals surface area contributed by atoms with Crippen molar-refractivity contribution in [2.24, 2.45) is 0 Å². The summed E-state index contributed by atoms with van der Waals surface area (Å²) in [4.78, 5) is 5.24. The van der Waals surface area contributed by atoms with Crippen LogP contribution in [-0.4, -0.2) is 57.9 Å². The molecule has 0 aromatic carbocycles. The SMILES string of the molecule is CN(C)OCC[N+](C)(C)C. The second-order valence-electron chi connectivity index (χ2n) is 3.66. The molecule has 0 bridgehead atoms. The summed E-state index contributed by atoms with van der Waals surface area (Å²) in [5.74, 6) is 0. The van der Waals surface area contributed by atoms with Crippen LogP contribution in [0.15, 0.2) is 0 Å². The van der Waals surface area contributed by atoms with E-state index in [9.17, 15) is 0 Å². The van der Waals surface area contributed by atoms with Crippen LogP contribution in [0.25, 0.3) is 0 Å². The Kier molecular flexibility index (Phi) is 3.86. The summed E-state index contributed by atoms with van der Waals surface area (Å²) in [5, 5.41) is 1.73. The molecule has 0 aliphatic carbocycles. The molecule has 0 fully saturated rings. The second kappa shape index (κ2) is 3.91. The highest BCUT2D eigenvalue weighted by Crippen LogP contribution is 1.89. The zero-order valence-electron chi connectivity index (χ0n) is 7.72. The molecule has 0 aliphatic heterocycles. The Morgan fingerprint density at radius 3 is 2.00 bits per heavy atom. The molecule has 3 nitrogen and oxygen atoms in total. The topological polar surface area (TPSA) is 12.5 Å². The van der Waals surface area contributed by atoms with Crippen molar-refractivity contribution in [2.75, 3.05) is 48.4 Å². The van der Waals surface area contributed by atoms with Crippen molar-refractivity contribution in [3.63, 3.8) is 0 Å². The van der Waals surface area contributed by atoms with E-state index >= 15 is 0 Å². The predicted octanol–water partition coefficient (Wildman–Crippen LogP) is 0.186. The van der Waals surface area contributed by atoms with Crippen molar-refractivity contribution >= 4 is 0 Å². The van der Waals surface area contributed by atoms with Gasteiger partial charge in [-0.2, -0.15) is 5.06 Å². The van der Waals surface area contributed by atoms with Crippen molar-refractivity contribution in [1.82, 2.24) is 5.06 Å². The number of quaternary nitrogens is 1. The highest BCUT2D eigenvalue weighted by atomic mass is 16.7. The van der Waals surface area contributed by atoms with Gasteiger partial charge in [0.05, 0.1) is 21.1 Å². The fourth-order valence-corrected chi connectivity index (χ4v) is 0.497. The van der Waals surface area contributed by atoms with Gasteiger partial charge in [0, 0.05) is 14.1 Å². The number of hydroxylamine groups is 2. The first kappa shape index (κ1) is 9.88. The number of hydrogen-bond donors (Lipinski definition) is 0. The summed E-state index contributed by atoms with van der Waals surface area (Å²) in [6.45, 7) is 1.83. The lowest BCUT2D eigenvalue weighted by atomic mass is 10.5. The Hall–Kier alpha value is -0.120. The van der Waals surface area contributed by atoms with Crippen LogP contribution in [0.1, 0.15) is 0 Å². The molecule has 0 aromatic rings. The Morgan fingerprint density at radius 2 is 1.70 bits per heavy atom. The molecule has 0 N–H and O–H groups in total. The molecule has 0 heterocycles. The normalized spacial score (nSPS) is 12.6. The van der Waals surface area contributed by atoms with Crippen LogP contribution in [-0.2, 0) is 4.84 Å². The molecule has 0 saturated carbocycles. The van der Waals surface area contributed by atoms with E-state index in [-0.39, 0.29) is 0 Å². The summed E-state index contributed by atoms with van der Waals surface area (Å²) >= 11 is 0. The maximum absolute atomic E-state index is 5.24. The fraction of sp³-hybridized carbons (Fsp3) is 1.00. The monoisotopic (exact) mass is 147 g/mol. The molecule has 0 spiro atoms. The van der Waals surface area contributed by atoms with E-state index in [2.05, 4.69) is 21.1 Å². The van der Waals surface area contributed by atoms with E-state index in [0.29, 0.717) is 0 Å². The minimum atomic E-state index is 0.788. The van der Waals surface area contributed by atoms with E-state index < -0.39 is 0 Å². The highest BCUT2D eigenvalue weighted by Gasteiger charge is 2.05. The van der Waals surface area contributed by atoms with E-state index in [0.717, 1.165) is 17.6 Å². The summed E-state index contributed by atoms with van der Waals surface area (Å²) in [5.41, 5.74) is 0. The first-order valence-electron chi connectivity index (χ1n) is 3.52. The van der Waals surface area contributed by atoms with E-state index in [1.165, 1.54) is 0 Å². The van der Waals surface area contributed by atoms with Gasteiger partial charge in [-0.25, -0.2) is 0 Å². The van der Waals surface area contributed by atoms with Crippen molar-refractivity contribution in [3.05, 3.63) is 0 Å². The van der Waals surface area contributed by atoms with Crippen LogP contribution < -0.4 is 0 Å². The van der Waals surface area contributed by atoms with Gasteiger partial charge in [0.1, 0.15) is 13.2 Å². The molecule has 0 unspecified atom stereocenters. The third kappa shape index (κ3) is 7.88. The Bertz CT molecular complexity index is 86.1. The lowest BCUT2D eigenvalue weighted by Crippen LogP contribution is -2.38. The number of likely N-dealkylation sites (N-methyl/N-ethyl adjacent to an activating group) is 1. The quantitative estimate of drug-likeness (QED) is 0.415. The van der Waals surface area contributed by atoms with Crippen LogP contribution in [0.4, 0.5) is 0 Å². The van der Waals surface area contributed by atoms with Gasteiger partial charge in [-0.1, -0.05) is 0 Å². The zero-order chi connectivity index (χ0) is 8.20. The van der Waals surface area contributed by atoms with Gasteiger partial charge in [0.25, 0.3) is 0 Å². The summed E-state index contributed by atoms with van der Waals surface area (Å²) in [7, 11) is 10.3. The maximum atomic E-state index is 5.24. The third-order valence-corrected chi connectivity index (χ3v) is 1.11. The van der Waals surface area contributed by atoms with Gasteiger partial charge < -0.3 is 4.48 Å². The van der Waals surface area contributed by atoms with Gasteiger partial charge in [-0.15, -0.1) is 0 Å². The molecule has 62 valence electrons. The molecule has 0 radical (unpaired) electrons. The van der Waals surface area contributed by atoms with Crippen molar-refractivity contribution in [3.8, 4) is 0 Å². The lowest BCUT2D eigenvalue weighted by molar-refractivity contribution is -0.871. The minimum absolute atomic E-state index is 0.788. The average molecular weight is 147 g/mol. The molecule has 10 heavy (non-hydrogen) atoms. The molecule has 0 atom stereocenters. The molecule has 0 aromatic heterocycles. The molecule has 0 saturated heterocycles. The van der Waals surface area contributed by atoms with Gasteiger partial charge in [-0.3, -0.25) is 4.84 Å². The molecule has 3 heteroatoms. The molecule has 0 aliphatic rings. The largest absolute Gasteiger partial charge is 0.329 e. The smallest absolute Gasteiger partial charge is 0.117 e. The predicted molar refractivity (Wildman–Crippen MR) is 42.5 cm³/mol. The number of rotatable bonds is 4. The second-order valence-corrected chi connectivity index (χ2v) is 3.66. The molecule has 0 amide bonds. The zero-order valence-corrected chi connectivity index (χ0v) is 7.72. The third-order valence-electron chi connectivity index (χ3n) is 1.11. The first-order valence-corrected chi connectivity index (χ1v) is 3.52. The standard InChI is InChI=1S/C7H19N2O/c1-8(2)10-7-6-9(3,4)5/h6-7H2,1-5H3/q+1. The minimum Gasteiger partial charge on any atom is -0.329 e. The van der Waals surface area contributed by atoms with Crippen molar-refractivity contribution in [1.29, 1.82) is 0 Å². The van der Waals surface area contributed by atoms with Crippen molar-refractivity contribution in [2.45, 2.75) is 0 Å². The van der Waals surface area contributed by atoms with Crippen LogP contribution in [0, 0.1) is 0 Å². The van der Waals surface area contributed by atoms with Gasteiger partial charge in [-0.05, 0) is 0 Å². The van der Waals surface area contributed by atoms with E-state index in [1.807, 2.05) is 14.1 Å². The number of hydrogen-bond acceptors (Lipinski definition) is 2. The van der Waals surface area contributed by atoms with E-state index in [1.54, 1.807) is 5.06 Å². The van der Waals surface area contributed by atoms with Gasteiger partial charge >= 0.3 is 0 Å². The Labute approximate surface area is 63.7 Å². The lowest BCUT2D eigenvalue weighted by Gasteiger charge is -2.24. The van der Waals surface area contributed by atoms with E-state index in [4.69, 9.17) is 4.84 Å². The molecular weight excluding hydrogens is 128 g/mol. The first-order chi connectivity index (χ1) is 4.42. The van der Waals surface area contributed by atoms with Crippen LogP contribution in [0.5, 0.6) is 0 Å². The molecular formula is C7H19N2O+. The summed E-state index contributed by atoms with van der Waals surface area (Å²) < 4.78 is 0.952. The number of nitrogens with zero attached hydrogens (tertiary/aromatic N) is 2. The maximum Gasteiger partial charge on any atom is 0.117 e. The molecule has 0 rings (SSSR count). The van der Waals surface area contributed by atoms with Gasteiger partial charge in [0.15, 0.2) is 0 Å². The Balaban J connectivity index is 3.21. The van der Waals surface area contributed by atoms with Crippen LogP contribution in [0.3, 0.4) is 0 Å². The highest BCUT2D eigenvalue weighted by molar-refractivity contribution is 4.24. The van der Waals surface area contributed by atoms with Crippen molar-refractivity contribution < 1.29 is 9.32 Å². The average Bonchev–Trinajstić information content (AvgIpc) is 1.59. The summed E-state index contributed by atoms with van der Waals surface area (Å²) in [6.07, 6.45) is 0. The fourth-order valence-electron chi connectivity index (χ4n) is 0.497. The van der Waals surface area contributed by atoms with Gasteiger partial charge in [0.2, 0.25) is 0 Å². The summed E-state index contributed by atoms with van der Waals surface area (Å²) in [6, 6.07) is 0. The van der Waals surface area contributed by atoms with Crippen LogP contribution in [0.2, 0.25) is 0 Å². The Morgan fingerprint density at radius 1 is 1.20 bits per heavy atom. The van der Waals surface area contributed by atoms with Crippen LogP contribution >= 0.6 is 0 Å².